The average Bonchev–Trinajstić information content (AvgIpc) is 2.91. The number of rotatable bonds is 3. The van der Waals surface area contributed by atoms with E-state index in [0.717, 1.165) is 31.9 Å². The zero-order valence-corrected chi connectivity index (χ0v) is 11.6. The largest absolute Gasteiger partial charge is 0.479 e. The second kappa shape index (κ2) is 5.11. The molecule has 2 nitrogen and oxygen atoms in total. The fourth-order valence-corrected chi connectivity index (χ4v) is 2.94. The van der Waals surface area contributed by atoms with Crippen LogP contribution < -0.4 is 0 Å². The van der Waals surface area contributed by atoms with E-state index in [2.05, 4.69) is 57.3 Å². The van der Waals surface area contributed by atoms with Crippen LogP contribution in [0.15, 0.2) is 45.9 Å². The molecule has 18 heavy (non-hydrogen) atoms. The van der Waals surface area contributed by atoms with Gasteiger partial charge in [0.15, 0.2) is 5.90 Å². The molecular formula is C15H14BrNO. The summed E-state index contributed by atoms with van der Waals surface area (Å²) in [5.74, 6) is 0.898. The standard InChI is InChI=1S/C15H14BrNO/c16-15-12(7-8-14-17-9-10-18-14)6-5-11-3-1-2-4-13(11)15/h1-6H,7-10H2. The number of hydrogen-bond donors (Lipinski definition) is 0. The molecule has 0 bridgehead atoms. The van der Waals surface area contributed by atoms with Crippen molar-refractivity contribution in [3.05, 3.63) is 46.4 Å². The van der Waals surface area contributed by atoms with Gasteiger partial charge in [-0.25, -0.2) is 0 Å². The highest BCUT2D eigenvalue weighted by Crippen LogP contribution is 2.28. The van der Waals surface area contributed by atoms with Gasteiger partial charge in [-0.15, -0.1) is 0 Å². The molecule has 0 atom stereocenters. The van der Waals surface area contributed by atoms with Gasteiger partial charge in [0.05, 0.1) is 6.54 Å². The highest BCUT2D eigenvalue weighted by molar-refractivity contribution is 9.10. The van der Waals surface area contributed by atoms with E-state index in [0.29, 0.717) is 0 Å². The van der Waals surface area contributed by atoms with Crippen molar-refractivity contribution in [1.29, 1.82) is 0 Å². The molecule has 1 aliphatic rings. The third kappa shape index (κ3) is 2.27. The van der Waals surface area contributed by atoms with Gasteiger partial charge >= 0.3 is 0 Å². The summed E-state index contributed by atoms with van der Waals surface area (Å²) in [5.41, 5.74) is 1.31. The summed E-state index contributed by atoms with van der Waals surface area (Å²) in [4.78, 5) is 4.32. The molecule has 0 aliphatic carbocycles. The Labute approximate surface area is 115 Å². The summed E-state index contributed by atoms with van der Waals surface area (Å²) in [6.45, 7) is 1.56. The Balaban J connectivity index is 1.85. The van der Waals surface area contributed by atoms with Gasteiger partial charge in [-0.3, -0.25) is 4.99 Å². The van der Waals surface area contributed by atoms with Gasteiger partial charge in [0.25, 0.3) is 0 Å². The van der Waals surface area contributed by atoms with Gasteiger partial charge < -0.3 is 4.74 Å². The quantitative estimate of drug-likeness (QED) is 0.841. The van der Waals surface area contributed by atoms with Crippen LogP contribution in [-0.4, -0.2) is 19.0 Å². The van der Waals surface area contributed by atoms with Crippen molar-refractivity contribution in [2.45, 2.75) is 12.8 Å². The lowest BCUT2D eigenvalue weighted by Crippen LogP contribution is -2.01. The minimum atomic E-state index is 0.744. The summed E-state index contributed by atoms with van der Waals surface area (Å²) in [6.07, 6.45) is 1.85. The molecule has 0 amide bonds. The summed E-state index contributed by atoms with van der Waals surface area (Å²) in [7, 11) is 0. The lowest BCUT2D eigenvalue weighted by atomic mass is 10.0. The predicted molar refractivity (Wildman–Crippen MR) is 78.2 cm³/mol. The van der Waals surface area contributed by atoms with Crippen molar-refractivity contribution in [3.63, 3.8) is 0 Å². The highest BCUT2D eigenvalue weighted by atomic mass is 79.9. The fraction of sp³-hybridized carbons (Fsp3) is 0.267. The minimum absolute atomic E-state index is 0.744. The first kappa shape index (κ1) is 11.7. The van der Waals surface area contributed by atoms with Crippen molar-refractivity contribution >= 4 is 32.6 Å². The summed E-state index contributed by atoms with van der Waals surface area (Å²) >= 11 is 3.71. The van der Waals surface area contributed by atoms with Crippen LogP contribution in [0.2, 0.25) is 0 Å². The molecule has 0 saturated carbocycles. The highest BCUT2D eigenvalue weighted by Gasteiger charge is 2.10. The van der Waals surface area contributed by atoms with E-state index < -0.39 is 0 Å². The average molecular weight is 304 g/mol. The second-order valence-electron chi connectivity index (χ2n) is 4.38. The first-order valence-corrected chi connectivity index (χ1v) is 6.96. The fourth-order valence-electron chi connectivity index (χ4n) is 2.24. The van der Waals surface area contributed by atoms with Gasteiger partial charge in [-0.1, -0.05) is 36.4 Å². The number of nitrogens with zero attached hydrogens (tertiary/aromatic N) is 1. The van der Waals surface area contributed by atoms with Gasteiger partial charge in [0, 0.05) is 10.9 Å². The van der Waals surface area contributed by atoms with E-state index in [4.69, 9.17) is 4.74 Å². The maximum Gasteiger partial charge on any atom is 0.183 e. The Morgan fingerprint density at radius 3 is 2.83 bits per heavy atom. The normalized spacial score (nSPS) is 14.6. The number of aryl methyl sites for hydroxylation is 1. The number of ether oxygens (including phenoxy) is 1. The Morgan fingerprint density at radius 2 is 2.00 bits per heavy atom. The van der Waals surface area contributed by atoms with Crippen LogP contribution >= 0.6 is 15.9 Å². The van der Waals surface area contributed by atoms with Crippen LogP contribution in [0.5, 0.6) is 0 Å². The Hall–Kier alpha value is -1.35. The van der Waals surface area contributed by atoms with Gasteiger partial charge in [-0.2, -0.15) is 0 Å². The summed E-state index contributed by atoms with van der Waals surface area (Å²) < 4.78 is 6.63. The molecule has 0 saturated heterocycles. The molecule has 2 aromatic carbocycles. The lowest BCUT2D eigenvalue weighted by molar-refractivity contribution is 0.338. The number of hydrogen-bond acceptors (Lipinski definition) is 2. The third-order valence-corrected chi connectivity index (χ3v) is 4.14. The minimum Gasteiger partial charge on any atom is -0.479 e. The van der Waals surface area contributed by atoms with Gasteiger partial charge in [-0.05, 0) is 38.7 Å². The Morgan fingerprint density at radius 1 is 1.11 bits per heavy atom. The molecule has 0 N–H and O–H groups in total. The first-order chi connectivity index (χ1) is 8.84. The first-order valence-electron chi connectivity index (χ1n) is 6.17. The topological polar surface area (TPSA) is 21.6 Å². The van der Waals surface area contributed by atoms with Crippen LogP contribution in [0.4, 0.5) is 0 Å². The van der Waals surface area contributed by atoms with Crippen LogP contribution in [0.25, 0.3) is 10.8 Å². The second-order valence-corrected chi connectivity index (χ2v) is 5.18. The van der Waals surface area contributed by atoms with Crippen molar-refractivity contribution in [2.75, 3.05) is 13.2 Å². The van der Waals surface area contributed by atoms with E-state index in [1.807, 2.05) is 0 Å². The van der Waals surface area contributed by atoms with Crippen LogP contribution in [0.3, 0.4) is 0 Å². The van der Waals surface area contributed by atoms with E-state index in [9.17, 15) is 0 Å². The monoisotopic (exact) mass is 303 g/mol. The van der Waals surface area contributed by atoms with Crippen LogP contribution in [-0.2, 0) is 11.2 Å². The molecule has 2 aromatic rings. The summed E-state index contributed by atoms with van der Waals surface area (Å²) in [6, 6.07) is 12.8. The molecule has 0 fully saturated rings. The lowest BCUT2D eigenvalue weighted by Gasteiger charge is -2.08. The zero-order chi connectivity index (χ0) is 12.4. The van der Waals surface area contributed by atoms with E-state index in [1.165, 1.54) is 20.8 Å². The Kier molecular flexibility index (Phi) is 3.33. The van der Waals surface area contributed by atoms with E-state index in [1.54, 1.807) is 0 Å². The summed E-state index contributed by atoms with van der Waals surface area (Å²) in [5, 5.41) is 2.53. The third-order valence-electron chi connectivity index (χ3n) is 3.20. The van der Waals surface area contributed by atoms with Crippen molar-refractivity contribution < 1.29 is 4.74 Å². The molecule has 0 radical (unpaired) electrons. The van der Waals surface area contributed by atoms with E-state index >= 15 is 0 Å². The molecular weight excluding hydrogens is 290 g/mol. The number of benzene rings is 2. The SMILES string of the molecule is Brc1c(CCC2=NCCO2)ccc2ccccc12. The number of halogens is 1. The van der Waals surface area contributed by atoms with Crippen molar-refractivity contribution in [1.82, 2.24) is 0 Å². The van der Waals surface area contributed by atoms with Crippen molar-refractivity contribution in [3.8, 4) is 0 Å². The Bertz CT molecular complexity index is 606. The van der Waals surface area contributed by atoms with E-state index in [-0.39, 0.29) is 0 Å². The number of fused-ring (bicyclic) bond motifs is 1. The maximum absolute atomic E-state index is 5.44. The molecule has 1 aliphatic heterocycles. The van der Waals surface area contributed by atoms with Gasteiger partial charge in [0.2, 0.25) is 0 Å². The molecule has 1 heterocycles. The molecule has 0 spiro atoms. The molecule has 0 aromatic heterocycles. The van der Waals surface area contributed by atoms with Crippen LogP contribution in [0, 0.1) is 0 Å². The number of aliphatic imine (C=N–C) groups is 1. The molecule has 92 valence electrons. The smallest absolute Gasteiger partial charge is 0.183 e. The predicted octanol–water partition coefficient (Wildman–Crippen LogP) is 3.96. The molecule has 3 rings (SSSR count). The van der Waals surface area contributed by atoms with Gasteiger partial charge in [0.1, 0.15) is 6.61 Å². The maximum atomic E-state index is 5.44. The van der Waals surface area contributed by atoms with Crippen LogP contribution in [0.1, 0.15) is 12.0 Å². The molecule has 0 unspecified atom stereocenters. The zero-order valence-electron chi connectivity index (χ0n) is 10.0. The molecule has 3 heteroatoms. The van der Waals surface area contributed by atoms with Crippen molar-refractivity contribution in [2.24, 2.45) is 4.99 Å².